The van der Waals surface area contributed by atoms with Crippen LogP contribution in [0.1, 0.15) is 57.1 Å². The molecule has 12 heteroatoms. The van der Waals surface area contributed by atoms with E-state index in [0.29, 0.717) is 35.6 Å². The molecule has 0 atom stereocenters. The monoisotopic (exact) mass is 660 g/mol. The van der Waals surface area contributed by atoms with Crippen LogP contribution in [0, 0.1) is 10.2 Å². The molecule has 2 N–H and O–H groups in total. The van der Waals surface area contributed by atoms with E-state index in [1.165, 1.54) is 51.9 Å². The van der Waals surface area contributed by atoms with Crippen molar-refractivity contribution in [3.8, 4) is 0 Å². The Kier molecular flexibility index (Phi) is 23.3. The molecular weight excluding hydrogens is 619 g/mol. The fraction of sp³-hybridized carbons (Fsp3) is 0.419. The molecule has 10 nitrogen and oxygen atoms in total. The third kappa shape index (κ3) is 24.5. The van der Waals surface area contributed by atoms with Crippen molar-refractivity contribution < 1.29 is 55.9 Å². The van der Waals surface area contributed by atoms with Gasteiger partial charge >= 0.3 is 16.8 Å². The van der Waals surface area contributed by atoms with Gasteiger partial charge in [-0.3, -0.25) is 9.98 Å². The summed E-state index contributed by atoms with van der Waals surface area (Å²) in [6.07, 6.45) is 9.42. The molecule has 0 aliphatic carbocycles. The summed E-state index contributed by atoms with van der Waals surface area (Å²) in [4.78, 5) is 8.78. The van der Waals surface area contributed by atoms with Crippen molar-refractivity contribution >= 4 is 22.9 Å². The Morgan fingerprint density at radius 1 is 0.651 bits per heavy atom. The van der Waals surface area contributed by atoms with E-state index >= 15 is 0 Å². The topological polar surface area (TPSA) is 187 Å². The van der Waals surface area contributed by atoms with Crippen molar-refractivity contribution in [2.24, 2.45) is 9.98 Å². The zero-order valence-electron chi connectivity index (χ0n) is 24.8. The van der Waals surface area contributed by atoms with Crippen LogP contribution in [0.25, 0.3) is 11.5 Å². The van der Waals surface area contributed by atoms with Crippen LogP contribution in [-0.2, 0) is 16.8 Å². The summed E-state index contributed by atoms with van der Waals surface area (Å²) in [5.74, 6) is -0.0838. The summed E-state index contributed by atoms with van der Waals surface area (Å²) in [7, 11) is -4.94. The Labute approximate surface area is 267 Å². The average Bonchev–Trinajstić information content (AvgIpc) is 3.73. The van der Waals surface area contributed by atoms with Gasteiger partial charge in [0, 0.05) is 24.5 Å². The number of benzene rings is 2. The molecule has 4 rings (SSSR count). The SMILES string of the molecule is C1CCNC1.C1CCNC1.CC(/C=C(\[O-])c1ccccc1)=NCCCN=C(C)/C=C(\[O-])c1ccccc1.[Co+3].[O-][Cl+3]([O-])([O-])[O-]. The second kappa shape index (κ2) is 24.8. The van der Waals surface area contributed by atoms with Gasteiger partial charge in [0.25, 0.3) is 0 Å². The van der Waals surface area contributed by atoms with Crippen molar-refractivity contribution in [3.05, 3.63) is 83.9 Å². The van der Waals surface area contributed by atoms with Gasteiger partial charge in [0.15, 0.2) is 0 Å². The quantitative estimate of drug-likeness (QED) is 0.207. The van der Waals surface area contributed by atoms with Crippen molar-refractivity contribution in [1.29, 1.82) is 0 Å². The second-order valence-corrected chi connectivity index (χ2v) is 10.2. The standard InChI is InChI=1S/C23H26N2O2.2C4H9N.ClHO4.Co/c1-18(16-22(26)20-10-5-3-6-11-20)24-14-9-15-25-19(2)17-23(27)21-12-7-4-8-13-21;2*1-2-4-5-3-1;2-1(3,4)5;/h3-8,10-13,16-17,26-27H,9,14-15H2,1-2H3;2*5H,1-4H2;(H,2,3,4,5);/q;;;;+3/p-3/b22-16-,23-17-,24-18?,25-19?;;;;. The van der Waals surface area contributed by atoms with Gasteiger partial charge in [-0.1, -0.05) is 72.2 Å². The van der Waals surface area contributed by atoms with Gasteiger partial charge in [-0.2, -0.15) is 0 Å². The Balaban J connectivity index is 0.000000890. The Bertz CT molecular complexity index is 1000. The van der Waals surface area contributed by atoms with Crippen LogP contribution in [0.2, 0.25) is 0 Å². The number of halogens is 1. The van der Waals surface area contributed by atoms with E-state index in [1.807, 2.05) is 50.2 Å². The van der Waals surface area contributed by atoms with E-state index in [4.69, 9.17) is 18.6 Å². The van der Waals surface area contributed by atoms with E-state index in [0.717, 1.165) is 6.42 Å². The van der Waals surface area contributed by atoms with Gasteiger partial charge in [-0.15, -0.1) is 10.2 Å². The fourth-order valence-electron chi connectivity index (χ4n) is 3.67. The number of allylic oxidation sites excluding steroid dienone is 2. The van der Waals surface area contributed by atoms with E-state index in [-0.39, 0.29) is 28.3 Å². The Morgan fingerprint density at radius 2 is 0.953 bits per heavy atom. The van der Waals surface area contributed by atoms with E-state index in [1.54, 1.807) is 36.4 Å². The Hall–Kier alpha value is -2.58. The largest absolute Gasteiger partial charge is 3.00 e. The maximum absolute atomic E-state index is 12.1. The maximum atomic E-state index is 12.1. The van der Waals surface area contributed by atoms with Gasteiger partial charge in [-0.25, -0.2) is 18.6 Å². The third-order valence-corrected chi connectivity index (χ3v) is 5.75. The van der Waals surface area contributed by atoms with Crippen LogP contribution in [-0.4, -0.2) is 50.7 Å². The molecule has 0 amide bonds. The summed E-state index contributed by atoms with van der Waals surface area (Å²) in [5, 5.41) is 30.6. The van der Waals surface area contributed by atoms with Crippen LogP contribution in [0.15, 0.2) is 82.8 Å². The minimum Gasteiger partial charge on any atom is -0.872 e. The molecule has 0 bridgehead atoms. The van der Waals surface area contributed by atoms with Gasteiger partial charge in [0.2, 0.25) is 0 Å². The van der Waals surface area contributed by atoms with E-state index in [2.05, 4.69) is 20.6 Å². The molecular formula is C31H42ClCoN4O6. The number of hydrogen-bond donors (Lipinski definition) is 2. The summed E-state index contributed by atoms with van der Waals surface area (Å²) in [6.45, 7) is 9.82. The number of hydrogen-bond acceptors (Lipinski definition) is 10. The molecule has 2 aromatic carbocycles. The summed E-state index contributed by atoms with van der Waals surface area (Å²) < 4.78 is 34.0. The summed E-state index contributed by atoms with van der Waals surface area (Å²) in [5.41, 5.74) is 2.72. The summed E-state index contributed by atoms with van der Waals surface area (Å²) in [6, 6.07) is 18.3. The molecule has 0 saturated carbocycles. The third-order valence-electron chi connectivity index (χ3n) is 5.75. The van der Waals surface area contributed by atoms with Gasteiger partial charge in [0.05, 0.1) is 0 Å². The first-order chi connectivity index (χ1) is 20.1. The zero-order chi connectivity index (χ0) is 31.1. The molecule has 0 aromatic heterocycles. The normalized spacial score (nSPS) is 15.6. The first kappa shape index (κ1) is 40.4. The minimum absolute atomic E-state index is 0. The molecule has 0 radical (unpaired) electrons. The first-order valence-electron chi connectivity index (χ1n) is 14.0. The Morgan fingerprint density at radius 3 is 1.21 bits per heavy atom. The van der Waals surface area contributed by atoms with Gasteiger partial charge < -0.3 is 20.8 Å². The van der Waals surface area contributed by atoms with Crippen molar-refractivity contribution in [3.63, 3.8) is 0 Å². The molecule has 43 heavy (non-hydrogen) atoms. The molecule has 2 aliphatic rings. The van der Waals surface area contributed by atoms with Crippen LogP contribution < -0.4 is 39.5 Å². The number of aliphatic imine (C=N–C) groups is 2. The number of nitrogens with one attached hydrogen (secondary N) is 2. The molecule has 2 heterocycles. The average molecular weight is 661 g/mol. The molecule has 0 unspecified atom stereocenters. The minimum atomic E-state index is -4.94. The van der Waals surface area contributed by atoms with Crippen LogP contribution in [0.4, 0.5) is 0 Å². The van der Waals surface area contributed by atoms with Crippen molar-refractivity contribution in [2.45, 2.75) is 46.0 Å². The van der Waals surface area contributed by atoms with Crippen LogP contribution in [0.3, 0.4) is 0 Å². The van der Waals surface area contributed by atoms with Crippen LogP contribution >= 0.6 is 0 Å². The van der Waals surface area contributed by atoms with Crippen molar-refractivity contribution in [1.82, 2.24) is 10.6 Å². The van der Waals surface area contributed by atoms with E-state index < -0.39 is 10.2 Å². The van der Waals surface area contributed by atoms with Crippen molar-refractivity contribution in [2.75, 3.05) is 39.3 Å². The molecule has 2 saturated heterocycles. The summed E-state index contributed by atoms with van der Waals surface area (Å²) >= 11 is 0. The first-order valence-corrected chi connectivity index (χ1v) is 15.2. The number of rotatable bonds is 8. The fourth-order valence-corrected chi connectivity index (χ4v) is 3.67. The van der Waals surface area contributed by atoms with Crippen LogP contribution in [0.5, 0.6) is 0 Å². The molecule has 238 valence electrons. The second-order valence-electron chi connectivity index (χ2n) is 9.44. The molecule has 2 aliphatic heterocycles. The molecule has 0 spiro atoms. The van der Waals surface area contributed by atoms with E-state index in [9.17, 15) is 10.2 Å². The zero-order valence-corrected chi connectivity index (χ0v) is 26.6. The maximum Gasteiger partial charge on any atom is 3.00 e. The number of nitrogens with zero attached hydrogens (tertiary/aromatic N) is 2. The molecule has 2 aromatic rings. The van der Waals surface area contributed by atoms with Gasteiger partial charge in [-0.05, 0) is 95.4 Å². The predicted molar refractivity (Wildman–Crippen MR) is 154 cm³/mol. The van der Waals surface area contributed by atoms with Gasteiger partial charge in [0.1, 0.15) is 0 Å². The smallest absolute Gasteiger partial charge is 0.872 e. The predicted octanol–water partition coefficient (Wildman–Crippen LogP) is -0.918. The molecule has 2 fully saturated rings.